The summed E-state index contributed by atoms with van der Waals surface area (Å²) in [6.07, 6.45) is 0. The molecule has 1 atom stereocenters. The molecular formula is C21H23NO6. The number of ether oxygens (including phenoxy) is 4. The number of fused-ring (bicyclic) bond motifs is 1. The molecule has 1 aliphatic rings. The lowest BCUT2D eigenvalue weighted by Gasteiger charge is -2.15. The molecule has 0 unspecified atom stereocenters. The standard InChI is InChI=1S/C21H23NO6/c1-13-4-6-17(14(2)8-13)25-11-21(24)26-10-20(23)22-15(3)16-5-7-18-19(9-16)28-12-27-18/h4-9,15H,10-12H2,1-3H3,(H,22,23)/t15-/m0/s1. The Morgan fingerprint density at radius 3 is 2.64 bits per heavy atom. The van der Waals surface area contributed by atoms with E-state index in [0.717, 1.165) is 16.7 Å². The molecule has 148 valence electrons. The van der Waals surface area contributed by atoms with Crippen LogP contribution in [-0.4, -0.2) is 31.9 Å². The van der Waals surface area contributed by atoms with Crippen molar-refractivity contribution in [3.05, 3.63) is 53.1 Å². The zero-order valence-corrected chi connectivity index (χ0v) is 16.1. The van der Waals surface area contributed by atoms with Crippen LogP contribution in [0.3, 0.4) is 0 Å². The highest BCUT2D eigenvalue weighted by molar-refractivity contribution is 5.81. The summed E-state index contributed by atoms with van der Waals surface area (Å²) in [5.74, 6) is 0.938. The molecule has 1 heterocycles. The number of benzene rings is 2. The number of carbonyl (C=O) groups excluding carboxylic acids is 2. The molecule has 0 saturated carbocycles. The summed E-state index contributed by atoms with van der Waals surface area (Å²) in [4.78, 5) is 23.9. The molecular weight excluding hydrogens is 362 g/mol. The Bertz CT molecular complexity index is 879. The SMILES string of the molecule is Cc1ccc(OCC(=O)OCC(=O)N[C@@H](C)c2ccc3c(c2)OCO3)c(C)c1. The normalized spacial score (nSPS) is 13.0. The van der Waals surface area contributed by atoms with Gasteiger partial charge < -0.3 is 24.3 Å². The number of hydrogen-bond donors (Lipinski definition) is 1. The number of esters is 1. The second-order valence-electron chi connectivity index (χ2n) is 6.62. The summed E-state index contributed by atoms with van der Waals surface area (Å²) in [6.45, 7) is 5.28. The van der Waals surface area contributed by atoms with E-state index >= 15 is 0 Å². The highest BCUT2D eigenvalue weighted by atomic mass is 16.7. The number of nitrogens with one attached hydrogen (secondary N) is 1. The van der Waals surface area contributed by atoms with Crippen molar-refractivity contribution in [3.8, 4) is 17.2 Å². The molecule has 0 aromatic heterocycles. The van der Waals surface area contributed by atoms with Gasteiger partial charge in [0.05, 0.1) is 6.04 Å². The number of rotatable bonds is 7. The second-order valence-corrected chi connectivity index (χ2v) is 6.62. The van der Waals surface area contributed by atoms with Gasteiger partial charge in [-0.25, -0.2) is 4.79 Å². The molecule has 2 aromatic carbocycles. The Hall–Kier alpha value is -3.22. The minimum Gasteiger partial charge on any atom is -0.482 e. The van der Waals surface area contributed by atoms with Crippen LogP contribution in [0.15, 0.2) is 36.4 Å². The van der Waals surface area contributed by atoms with Crippen LogP contribution < -0.4 is 19.5 Å². The number of amides is 1. The third-order valence-electron chi connectivity index (χ3n) is 4.31. The van der Waals surface area contributed by atoms with Crippen molar-refractivity contribution < 1.29 is 28.5 Å². The summed E-state index contributed by atoms with van der Waals surface area (Å²) in [6, 6.07) is 10.9. The van der Waals surface area contributed by atoms with E-state index in [1.54, 1.807) is 12.1 Å². The predicted molar refractivity (Wildman–Crippen MR) is 101 cm³/mol. The van der Waals surface area contributed by atoms with Crippen LogP contribution in [0.5, 0.6) is 17.2 Å². The van der Waals surface area contributed by atoms with Gasteiger partial charge in [0.2, 0.25) is 6.79 Å². The van der Waals surface area contributed by atoms with Crippen molar-refractivity contribution in [2.24, 2.45) is 0 Å². The van der Waals surface area contributed by atoms with Gasteiger partial charge in [-0.3, -0.25) is 4.79 Å². The first-order chi connectivity index (χ1) is 13.4. The van der Waals surface area contributed by atoms with Crippen molar-refractivity contribution in [1.29, 1.82) is 0 Å². The number of hydrogen-bond acceptors (Lipinski definition) is 6. The number of carbonyl (C=O) groups is 2. The molecule has 2 aromatic rings. The fourth-order valence-electron chi connectivity index (χ4n) is 2.83. The summed E-state index contributed by atoms with van der Waals surface area (Å²) in [7, 11) is 0. The third-order valence-corrected chi connectivity index (χ3v) is 4.31. The monoisotopic (exact) mass is 385 g/mol. The lowest BCUT2D eigenvalue weighted by Crippen LogP contribution is -2.32. The van der Waals surface area contributed by atoms with Crippen LogP contribution in [0.2, 0.25) is 0 Å². The van der Waals surface area contributed by atoms with Gasteiger partial charge in [-0.2, -0.15) is 0 Å². The van der Waals surface area contributed by atoms with E-state index in [0.29, 0.717) is 17.2 Å². The van der Waals surface area contributed by atoms with Crippen LogP contribution in [0.1, 0.15) is 29.7 Å². The maximum atomic E-state index is 12.0. The fraction of sp³-hybridized carbons (Fsp3) is 0.333. The Morgan fingerprint density at radius 1 is 1.07 bits per heavy atom. The van der Waals surface area contributed by atoms with Gasteiger partial charge >= 0.3 is 5.97 Å². The molecule has 7 heteroatoms. The Balaban J connectivity index is 1.42. The smallest absolute Gasteiger partial charge is 0.344 e. The van der Waals surface area contributed by atoms with Crippen molar-refractivity contribution in [2.75, 3.05) is 20.0 Å². The van der Waals surface area contributed by atoms with E-state index < -0.39 is 11.9 Å². The largest absolute Gasteiger partial charge is 0.482 e. The molecule has 0 fully saturated rings. The van der Waals surface area contributed by atoms with E-state index in [1.807, 2.05) is 45.0 Å². The van der Waals surface area contributed by atoms with Crippen LogP contribution in [0, 0.1) is 13.8 Å². The quantitative estimate of drug-likeness (QED) is 0.738. The van der Waals surface area contributed by atoms with E-state index in [1.165, 1.54) is 0 Å². The Labute approximate surface area is 163 Å². The first kappa shape index (κ1) is 19.5. The van der Waals surface area contributed by atoms with Crippen LogP contribution in [-0.2, 0) is 14.3 Å². The van der Waals surface area contributed by atoms with Crippen molar-refractivity contribution >= 4 is 11.9 Å². The molecule has 7 nitrogen and oxygen atoms in total. The molecule has 1 amide bonds. The molecule has 0 spiro atoms. The van der Waals surface area contributed by atoms with E-state index in [2.05, 4.69) is 5.32 Å². The molecule has 0 radical (unpaired) electrons. The third kappa shape index (κ3) is 4.94. The lowest BCUT2D eigenvalue weighted by molar-refractivity contribution is -0.150. The molecule has 0 aliphatic carbocycles. The molecule has 1 N–H and O–H groups in total. The first-order valence-electron chi connectivity index (χ1n) is 8.97. The van der Waals surface area contributed by atoms with E-state index in [-0.39, 0.29) is 26.0 Å². The maximum absolute atomic E-state index is 12.0. The summed E-state index contributed by atoms with van der Waals surface area (Å²) in [5.41, 5.74) is 2.91. The van der Waals surface area contributed by atoms with E-state index in [4.69, 9.17) is 18.9 Å². The molecule has 28 heavy (non-hydrogen) atoms. The van der Waals surface area contributed by atoms with Crippen LogP contribution >= 0.6 is 0 Å². The van der Waals surface area contributed by atoms with Crippen LogP contribution in [0.25, 0.3) is 0 Å². The van der Waals surface area contributed by atoms with Gasteiger partial charge in [0.25, 0.3) is 5.91 Å². The minimum absolute atomic E-state index is 0.194. The lowest BCUT2D eigenvalue weighted by atomic mass is 10.1. The van der Waals surface area contributed by atoms with Gasteiger partial charge in [-0.1, -0.05) is 23.8 Å². The number of aryl methyl sites for hydroxylation is 2. The zero-order chi connectivity index (χ0) is 20.1. The predicted octanol–water partition coefficient (Wildman–Crippen LogP) is 2.83. The first-order valence-corrected chi connectivity index (χ1v) is 8.97. The van der Waals surface area contributed by atoms with Gasteiger partial charge in [0, 0.05) is 0 Å². The average molecular weight is 385 g/mol. The topological polar surface area (TPSA) is 83.1 Å². The van der Waals surface area contributed by atoms with Gasteiger partial charge in [-0.15, -0.1) is 0 Å². The van der Waals surface area contributed by atoms with Crippen molar-refractivity contribution in [1.82, 2.24) is 5.32 Å². The highest BCUT2D eigenvalue weighted by Crippen LogP contribution is 2.34. The van der Waals surface area contributed by atoms with Gasteiger partial charge in [0.1, 0.15) is 5.75 Å². The van der Waals surface area contributed by atoms with Gasteiger partial charge in [-0.05, 0) is 50.1 Å². The van der Waals surface area contributed by atoms with Gasteiger partial charge in [0.15, 0.2) is 24.7 Å². The molecule has 0 bridgehead atoms. The average Bonchev–Trinajstić information content (AvgIpc) is 3.13. The summed E-state index contributed by atoms with van der Waals surface area (Å²) >= 11 is 0. The second kappa shape index (κ2) is 8.65. The summed E-state index contributed by atoms with van der Waals surface area (Å²) in [5, 5.41) is 2.78. The van der Waals surface area contributed by atoms with Crippen molar-refractivity contribution in [3.63, 3.8) is 0 Å². The molecule has 3 rings (SSSR count). The highest BCUT2D eigenvalue weighted by Gasteiger charge is 2.17. The fourth-order valence-corrected chi connectivity index (χ4v) is 2.83. The molecule has 1 aliphatic heterocycles. The molecule has 0 saturated heterocycles. The van der Waals surface area contributed by atoms with Crippen molar-refractivity contribution in [2.45, 2.75) is 26.8 Å². The summed E-state index contributed by atoms with van der Waals surface area (Å²) < 4.78 is 21.0. The minimum atomic E-state index is -0.606. The van der Waals surface area contributed by atoms with E-state index in [9.17, 15) is 9.59 Å². The maximum Gasteiger partial charge on any atom is 0.344 e. The van der Waals surface area contributed by atoms with Crippen LogP contribution in [0.4, 0.5) is 0 Å². The Kier molecular flexibility index (Phi) is 6.03. The Morgan fingerprint density at radius 2 is 1.86 bits per heavy atom. The zero-order valence-electron chi connectivity index (χ0n) is 16.1.